The first-order valence-electron chi connectivity index (χ1n) is 3.80. The molecule has 0 aromatic heterocycles. The van der Waals surface area contributed by atoms with E-state index < -0.39 is 0 Å². The standard InChI is InChI=1S/C7H15NO.ClH/c8-4-1-7-2-5-9-6-3-7;/h7H,1-6,8H2;1H. The minimum atomic E-state index is 0. The summed E-state index contributed by atoms with van der Waals surface area (Å²) in [5.74, 6) is 0.913. The van der Waals surface area contributed by atoms with Gasteiger partial charge in [0.1, 0.15) is 0 Å². The van der Waals surface area contributed by atoms with E-state index in [0.29, 0.717) is 0 Å². The smallest absolute Gasteiger partial charge is 0.0742 e. The summed E-state index contributed by atoms with van der Waals surface area (Å²) in [4.78, 5) is 0. The van der Waals surface area contributed by atoms with Gasteiger partial charge in [0, 0.05) is 13.2 Å². The first-order chi connectivity index (χ1) is 4.43. The molecule has 0 radical (unpaired) electrons. The molecule has 62 valence electrons. The van der Waals surface area contributed by atoms with Crippen LogP contribution in [0.15, 0.2) is 0 Å². The van der Waals surface area contributed by atoms with Gasteiger partial charge in [-0.3, -0.25) is 0 Å². The van der Waals surface area contributed by atoms with Gasteiger partial charge in [-0.1, -0.05) is 0 Å². The van der Waals surface area contributed by atoms with E-state index in [1.165, 1.54) is 19.3 Å². The third-order valence-electron chi connectivity index (χ3n) is 1.95. The van der Waals surface area contributed by atoms with E-state index in [-0.39, 0.29) is 12.4 Å². The molecule has 0 aliphatic carbocycles. The van der Waals surface area contributed by atoms with Gasteiger partial charge in [0.05, 0.1) is 6.54 Å². The highest BCUT2D eigenvalue weighted by Crippen LogP contribution is 2.16. The Hall–Kier alpha value is 0.210. The molecule has 3 N–H and O–H groups in total. The van der Waals surface area contributed by atoms with Crippen LogP contribution in [0.5, 0.6) is 0 Å². The Labute approximate surface area is 68.5 Å². The van der Waals surface area contributed by atoms with Gasteiger partial charge >= 0.3 is 0 Å². The lowest BCUT2D eigenvalue weighted by Gasteiger charge is -2.20. The van der Waals surface area contributed by atoms with Crippen molar-refractivity contribution in [3.63, 3.8) is 0 Å². The molecule has 0 saturated carbocycles. The van der Waals surface area contributed by atoms with E-state index in [2.05, 4.69) is 5.73 Å². The van der Waals surface area contributed by atoms with Crippen LogP contribution in [0.25, 0.3) is 0 Å². The van der Waals surface area contributed by atoms with Crippen molar-refractivity contribution in [3.8, 4) is 0 Å². The predicted molar refractivity (Wildman–Crippen MR) is 35.9 cm³/mol. The van der Waals surface area contributed by atoms with Crippen molar-refractivity contribution < 1.29 is 22.9 Å². The van der Waals surface area contributed by atoms with Crippen LogP contribution in [0, 0.1) is 5.92 Å². The topological polar surface area (TPSA) is 36.9 Å². The van der Waals surface area contributed by atoms with Crippen LogP contribution in [-0.2, 0) is 4.74 Å². The van der Waals surface area contributed by atoms with E-state index in [4.69, 9.17) is 4.74 Å². The summed E-state index contributed by atoms with van der Waals surface area (Å²) in [5, 5.41) is 0. The van der Waals surface area contributed by atoms with Crippen LogP contribution >= 0.6 is 0 Å². The monoisotopic (exact) mass is 165 g/mol. The van der Waals surface area contributed by atoms with Crippen molar-refractivity contribution in [2.45, 2.75) is 19.3 Å². The fourth-order valence-corrected chi connectivity index (χ4v) is 1.32. The highest BCUT2D eigenvalue weighted by Gasteiger charge is 2.12. The molecule has 0 aromatic rings. The van der Waals surface area contributed by atoms with Crippen LogP contribution in [0.3, 0.4) is 0 Å². The lowest BCUT2D eigenvalue weighted by atomic mass is 9.97. The minimum Gasteiger partial charge on any atom is -1.00 e. The molecule has 0 unspecified atom stereocenters. The molecule has 0 amide bonds. The Morgan fingerprint density at radius 3 is 2.40 bits per heavy atom. The van der Waals surface area contributed by atoms with Gasteiger partial charge in [0.2, 0.25) is 0 Å². The van der Waals surface area contributed by atoms with Gasteiger partial charge < -0.3 is 22.9 Å². The SMILES string of the molecule is [Cl-].[NH3+]CCC1CCOCC1. The Morgan fingerprint density at radius 2 is 1.90 bits per heavy atom. The van der Waals surface area contributed by atoms with Gasteiger partial charge in [0.15, 0.2) is 0 Å². The maximum atomic E-state index is 5.23. The number of ether oxygens (including phenoxy) is 1. The van der Waals surface area contributed by atoms with Crippen molar-refractivity contribution in [2.24, 2.45) is 5.92 Å². The van der Waals surface area contributed by atoms with Crippen LogP contribution in [0.2, 0.25) is 0 Å². The highest BCUT2D eigenvalue weighted by molar-refractivity contribution is 4.61. The first-order valence-corrected chi connectivity index (χ1v) is 3.80. The summed E-state index contributed by atoms with van der Waals surface area (Å²) in [6, 6.07) is 0. The predicted octanol–water partition coefficient (Wildman–Crippen LogP) is -2.95. The molecule has 0 bridgehead atoms. The normalized spacial score (nSPS) is 20.1. The minimum absolute atomic E-state index is 0. The fourth-order valence-electron chi connectivity index (χ4n) is 1.32. The largest absolute Gasteiger partial charge is 1.00 e. The molecule has 2 nitrogen and oxygen atoms in total. The molecule has 1 aliphatic heterocycles. The second-order valence-electron chi connectivity index (χ2n) is 2.70. The van der Waals surface area contributed by atoms with Crippen molar-refractivity contribution in [2.75, 3.05) is 19.8 Å². The summed E-state index contributed by atoms with van der Waals surface area (Å²) in [7, 11) is 0. The Morgan fingerprint density at radius 1 is 1.30 bits per heavy atom. The fraction of sp³-hybridized carbons (Fsp3) is 1.00. The zero-order valence-electron chi connectivity index (χ0n) is 6.31. The number of hydrogen-bond acceptors (Lipinski definition) is 1. The highest BCUT2D eigenvalue weighted by atomic mass is 35.5. The summed E-state index contributed by atoms with van der Waals surface area (Å²) < 4.78 is 5.23. The van der Waals surface area contributed by atoms with E-state index in [0.717, 1.165) is 25.7 Å². The zero-order chi connectivity index (χ0) is 6.53. The van der Waals surface area contributed by atoms with E-state index in [1.807, 2.05) is 0 Å². The summed E-state index contributed by atoms with van der Waals surface area (Å²) in [6.45, 7) is 3.04. The zero-order valence-corrected chi connectivity index (χ0v) is 7.07. The van der Waals surface area contributed by atoms with Crippen molar-refractivity contribution in [1.29, 1.82) is 0 Å². The Bertz CT molecular complexity index is 71.3. The van der Waals surface area contributed by atoms with Crippen LogP contribution in [-0.4, -0.2) is 19.8 Å². The average molecular weight is 166 g/mol. The lowest BCUT2D eigenvalue weighted by Crippen LogP contribution is -3.00. The van der Waals surface area contributed by atoms with Crippen molar-refractivity contribution in [3.05, 3.63) is 0 Å². The lowest BCUT2D eigenvalue weighted by molar-refractivity contribution is -0.370. The van der Waals surface area contributed by atoms with Gasteiger partial charge in [-0.15, -0.1) is 0 Å². The second-order valence-corrected chi connectivity index (χ2v) is 2.70. The number of halogens is 1. The molecule has 0 atom stereocenters. The van der Waals surface area contributed by atoms with Crippen molar-refractivity contribution in [1.82, 2.24) is 0 Å². The van der Waals surface area contributed by atoms with Crippen LogP contribution < -0.4 is 18.1 Å². The molecule has 1 aliphatic rings. The third-order valence-corrected chi connectivity index (χ3v) is 1.95. The summed E-state index contributed by atoms with van der Waals surface area (Å²) >= 11 is 0. The number of hydrogen-bond donors (Lipinski definition) is 1. The molecule has 1 heterocycles. The second kappa shape index (κ2) is 5.96. The molecule has 0 spiro atoms. The molecule has 0 aromatic carbocycles. The summed E-state index contributed by atoms with van der Waals surface area (Å²) in [5.41, 5.74) is 3.84. The third kappa shape index (κ3) is 3.40. The molecule has 1 fully saturated rings. The van der Waals surface area contributed by atoms with E-state index in [1.54, 1.807) is 0 Å². The van der Waals surface area contributed by atoms with Crippen LogP contribution in [0.1, 0.15) is 19.3 Å². The van der Waals surface area contributed by atoms with Gasteiger partial charge in [-0.2, -0.15) is 0 Å². The van der Waals surface area contributed by atoms with Gasteiger partial charge in [0.25, 0.3) is 0 Å². The van der Waals surface area contributed by atoms with Gasteiger partial charge in [-0.25, -0.2) is 0 Å². The number of rotatable bonds is 2. The average Bonchev–Trinajstić information content (AvgIpc) is 1.91. The van der Waals surface area contributed by atoms with E-state index in [9.17, 15) is 0 Å². The molecule has 10 heavy (non-hydrogen) atoms. The molecular weight excluding hydrogens is 150 g/mol. The van der Waals surface area contributed by atoms with Crippen molar-refractivity contribution >= 4 is 0 Å². The summed E-state index contributed by atoms with van der Waals surface area (Å²) in [6.07, 6.45) is 3.81. The van der Waals surface area contributed by atoms with Gasteiger partial charge in [-0.05, 0) is 25.2 Å². The molecule has 3 heteroatoms. The quantitative estimate of drug-likeness (QED) is 0.467. The molecule has 1 rings (SSSR count). The Kier molecular flexibility index (Phi) is 6.08. The number of quaternary nitrogens is 1. The maximum Gasteiger partial charge on any atom is 0.0742 e. The maximum absolute atomic E-state index is 5.23. The Balaban J connectivity index is 0.000000810. The first kappa shape index (κ1) is 10.2. The van der Waals surface area contributed by atoms with Crippen LogP contribution in [0.4, 0.5) is 0 Å². The molecular formula is C7H16ClNO. The van der Waals surface area contributed by atoms with E-state index >= 15 is 0 Å². The molecule has 1 saturated heterocycles.